The van der Waals surface area contributed by atoms with E-state index in [1.54, 1.807) is 41.9 Å². The molecule has 1 aromatic heterocycles. The Hall–Kier alpha value is -3.83. The fraction of sp³-hybridized carbons (Fsp3) is 0.320. The van der Waals surface area contributed by atoms with Crippen LogP contribution in [0.15, 0.2) is 48.7 Å². The summed E-state index contributed by atoms with van der Waals surface area (Å²) in [6, 6.07) is 11.1. The van der Waals surface area contributed by atoms with E-state index in [9.17, 15) is 18.4 Å². The van der Waals surface area contributed by atoms with Crippen molar-refractivity contribution in [3.05, 3.63) is 65.6 Å². The van der Waals surface area contributed by atoms with E-state index >= 15 is 0 Å². The van der Waals surface area contributed by atoms with Crippen molar-refractivity contribution in [2.24, 2.45) is 12.8 Å². The summed E-state index contributed by atoms with van der Waals surface area (Å²) >= 11 is 0. The van der Waals surface area contributed by atoms with Gasteiger partial charge < -0.3 is 30.4 Å². The first kappa shape index (κ1) is 26.8. The minimum atomic E-state index is -2.90. The predicted molar refractivity (Wildman–Crippen MR) is 131 cm³/mol. The average Bonchev–Trinajstić information content (AvgIpc) is 3.25. The molecule has 36 heavy (non-hydrogen) atoms. The molecule has 2 amide bonds. The van der Waals surface area contributed by atoms with Gasteiger partial charge in [0.15, 0.2) is 5.82 Å². The van der Waals surface area contributed by atoms with Crippen LogP contribution in [0.3, 0.4) is 0 Å². The van der Waals surface area contributed by atoms with Gasteiger partial charge in [0.1, 0.15) is 5.75 Å². The zero-order valence-corrected chi connectivity index (χ0v) is 20.1. The molecule has 0 spiro atoms. The molecule has 2 aromatic carbocycles. The van der Waals surface area contributed by atoms with Gasteiger partial charge in [-0.05, 0) is 54.4 Å². The predicted octanol–water partition coefficient (Wildman–Crippen LogP) is 3.21. The summed E-state index contributed by atoms with van der Waals surface area (Å²) in [4.78, 5) is 29.7. The number of hydrogen-bond acceptors (Lipinski definition) is 6. The van der Waals surface area contributed by atoms with Gasteiger partial charge in [0.25, 0.3) is 11.8 Å². The van der Waals surface area contributed by atoms with Crippen LogP contribution in [0.2, 0.25) is 0 Å². The van der Waals surface area contributed by atoms with Crippen LogP contribution in [0.25, 0.3) is 11.3 Å². The number of aromatic nitrogens is 2. The molecule has 9 nitrogen and oxygen atoms in total. The quantitative estimate of drug-likeness (QED) is 0.328. The lowest BCUT2D eigenvalue weighted by Gasteiger charge is -2.12. The maximum atomic E-state index is 12.9. The van der Waals surface area contributed by atoms with Crippen molar-refractivity contribution in [3.63, 3.8) is 0 Å². The molecule has 1 heterocycles. The van der Waals surface area contributed by atoms with Crippen molar-refractivity contribution in [2.45, 2.75) is 20.0 Å². The molecule has 0 fully saturated rings. The highest BCUT2D eigenvalue weighted by Crippen LogP contribution is 2.24. The third kappa shape index (κ3) is 6.86. The van der Waals surface area contributed by atoms with Crippen molar-refractivity contribution in [1.29, 1.82) is 0 Å². The number of benzene rings is 2. The third-order valence-electron chi connectivity index (χ3n) is 5.35. The number of alkyl halides is 2. The maximum Gasteiger partial charge on any atom is 0.387 e. The van der Waals surface area contributed by atoms with Crippen LogP contribution < -0.4 is 21.1 Å². The number of anilines is 1. The number of nitrogens with one attached hydrogen (secondary N) is 2. The van der Waals surface area contributed by atoms with E-state index in [1.165, 1.54) is 18.3 Å². The van der Waals surface area contributed by atoms with Crippen molar-refractivity contribution < 1.29 is 27.8 Å². The first-order chi connectivity index (χ1) is 17.3. The van der Waals surface area contributed by atoms with E-state index in [0.29, 0.717) is 55.2 Å². The van der Waals surface area contributed by atoms with Gasteiger partial charge in [0, 0.05) is 37.0 Å². The number of carbonyl (C=O) groups is 2. The van der Waals surface area contributed by atoms with Crippen molar-refractivity contribution >= 4 is 17.5 Å². The van der Waals surface area contributed by atoms with Gasteiger partial charge >= 0.3 is 6.61 Å². The van der Waals surface area contributed by atoms with Crippen LogP contribution in [0, 0.1) is 0 Å². The Morgan fingerprint density at radius 1 is 1.11 bits per heavy atom. The van der Waals surface area contributed by atoms with Crippen molar-refractivity contribution in [3.8, 4) is 17.0 Å². The van der Waals surface area contributed by atoms with Gasteiger partial charge in [0.05, 0.1) is 25.1 Å². The van der Waals surface area contributed by atoms with E-state index in [-0.39, 0.29) is 17.5 Å². The van der Waals surface area contributed by atoms with Crippen LogP contribution in [-0.2, 0) is 18.2 Å². The molecule has 0 saturated carbocycles. The number of rotatable bonds is 12. The fourth-order valence-corrected chi connectivity index (χ4v) is 3.59. The zero-order chi connectivity index (χ0) is 26.1. The third-order valence-corrected chi connectivity index (χ3v) is 5.35. The molecule has 0 atom stereocenters. The van der Waals surface area contributed by atoms with E-state index in [2.05, 4.69) is 20.4 Å². The molecule has 0 saturated heterocycles. The van der Waals surface area contributed by atoms with Crippen LogP contribution in [0.5, 0.6) is 5.75 Å². The summed E-state index contributed by atoms with van der Waals surface area (Å²) < 4.78 is 36.0. The summed E-state index contributed by atoms with van der Waals surface area (Å²) in [6.07, 6.45) is 2.12. The Morgan fingerprint density at radius 3 is 2.53 bits per heavy atom. The van der Waals surface area contributed by atoms with E-state index < -0.39 is 12.5 Å². The van der Waals surface area contributed by atoms with Gasteiger partial charge in [-0.1, -0.05) is 6.92 Å². The molecule has 3 aromatic rings. The van der Waals surface area contributed by atoms with Crippen molar-refractivity contribution in [1.82, 2.24) is 14.9 Å². The monoisotopic (exact) mass is 501 g/mol. The summed E-state index contributed by atoms with van der Waals surface area (Å²) in [6.45, 7) is 0.615. The fourth-order valence-electron chi connectivity index (χ4n) is 3.59. The highest BCUT2D eigenvalue weighted by atomic mass is 19.3. The number of nitrogens with zero attached hydrogens (tertiary/aromatic N) is 2. The highest BCUT2D eigenvalue weighted by Gasteiger charge is 2.17. The largest absolute Gasteiger partial charge is 0.435 e. The number of ether oxygens (including phenoxy) is 2. The summed E-state index contributed by atoms with van der Waals surface area (Å²) in [7, 11) is 1.68. The summed E-state index contributed by atoms with van der Waals surface area (Å²) in [5, 5.41) is 5.62. The number of imidazole rings is 1. The Labute approximate surface area is 207 Å². The van der Waals surface area contributed by atoms with Crippen LogP contribution in [-0.4, -0.2) is 54.3 Å². The number of halogens is 2. The number of aryl methyl sites for hydroxylation is 1. The van der Waals surface area contributed by atoms with Gasteiger partial charge in [-0.25, -0.2) is 4.98 Å². The molecule has 11 heteroatoms. The molecule has 0 bridgehead atoms. The van der Waals surface area contributed by atoms with E-state index in [1.807, 2.05) is 6.92 Å². The molecular weight excluding hydrogens is 472 g/mol. The van der Waals surface area contributed by atoms with Gasteiger partial charge in [-0.3, -0.25) is 9.59 Å². The minimum Gasteiger partial charge on any atom is -0.435 e. The summed E-state index contributed by atoms with van der Waals surface area (Å²) in [5.74, 6) is -0.453. The van der Waals surface area contributed by atoms with Crippen LogP contribution in [0.1, 0.15) is 33.5 Å². The lowest BCUT2D eigenvalue weighted by atomic mass is 10.0. The number of hydrogen-bond donors (Lipinski definition) is 3. The Kier molecular flexibility index (Phi) is 9.48. The first-order valence-electron chi connectivity index (χ1n) is 11.4. The SMILES string of the molecule is CCc1cc(NC(=O)c2ncc(-c3ccc(OC(F)F)cc3)n2C)ccc1C(=O)NCCOCCN. The second-order valence-electron chi connectivity index (χ2n) is 7.77. The molecule has 0 aliphatic heterocycles. The molecule has 192 valence electrons. The van der Waals surface area contributed by atoms with Crippen LogP contribution >= 0.6 is 0 Å². The molecule has 0 radical (unpaired) electrons. The molecule has 3 rings (SSSR count). The molecule has 0 unspecified atom stereocenters. The maximum absolute atomic E-state index is 12.9. The second-order valence-corrected chi connectivity index (χ2v) is 7.77. The standard InChI is InChI=1S/C25H29F2N5O4/c1-3-16-14-18(6-9-20(16)23(33)29-11-13-35-12-10-28)31-24(34)22-30-15-21(32(22)2)17-4-7-19(8-5-17)36-25(26)27/h4-9,14-15,25H,3,10-13,28H2,1-2H3,(H,29,33)(H,31,34). The molecule has 0 aliphatic rings. The van der Waals surface area contributed by atoms with Gasteiger partial charge in [-0.2, -0.15) is 8.78 Å². The lowest BCUT2D eigenvalue weighted by Crippen LogP contribution is -2.28. The molecule has 4 N–H and O–H groups in total. The summed E-state index contributed by atoms with van der Waals surface area (Å²) in [5.41, 5.74) is 8.50. The average molecular weight is 502 g/mol. The minimum absolute atomic E-state index is 0.0395. The normalized spacial score (nSPS) is 10.9. The van der Waals surface area contributed by atoms with Crippen molar-refractivity contribution in [2.75, 3.05) is 31.6 Å². The topological polar surface area (TPSA) is 120 Å². The lowest BCUT2D eigenvalue weighted by molar-refractivity contribution is -0.0498. The highest BCUT2D eigenvalue weighted by molar-refractivity contribution is 6.03. The molecular formula is C25H29F2N5O4. The zero-order valence-electron chi connectivity index (χ0n) is 20.1. The van der Waals surface area contributed by atoms with E-state index in [0.717, 1.165) is 5.56 Å². The van der Waals surface area contributed by atoms with E-state index in [4.69, 9.17) is 10.5 Å². The first-order valence-corrected chi connectivity index (χ1v) is 11.4. The number of carbonyl (C=O) groups excluding carboxylic acids is 2. The Bertz CT molecular complexity index is 1180. The van der Waals surface area contributed by atoms with Gasteiger partial charge in [0.2, 0.25) is 0 Å². The number of amides is 2. The Balaban J connectivity index is 1.68. The number of nitrogens with two attached hydrogens (primary N) is 1. The second kappa shape index (κ2) is 12.8. The molecule has 0 aliphatic carbocycles. The van der Waals surface area contributed by atoms with Gasteiger partial charge in [-0.15, -0.1) is 0 Å². The smallest absolute Gasteiger partial charge is 0.387 e. The van der Waals surface area contributed by atoms with Crippen LogP contribution in [0.4, 0.5) is 14.5 Å². The Morgan fingerprint density at radius 2 is 1.86 bits per heavy atom.